The SMILES string of the molecule is CC1(C(=O)N2CCN3CCCC3C2)CCCNC1.Cl.Cl. The van der Waals surface area contributed by atoms with Crippen molar-refractivity contribution in [1.29, 1.82) is 0 Å². The Kier molecular flexibility index (Phi) is 6.58. The second kappa shape index (κ2) is 7.30. The van der Waals surface area contributed by atoms with Gasteiger partial charge in [-0.1, -0.05) is 0 Å². The molecule has 4 nitrogen and oxygen atoms in total. The monoisotopic (exact) mass is 323 g/mol. The lowest BCUT2D eigenvalue weighted by molar-refractivity contribution is -0.144. The molecule has 20 heavy (non-hydrogen) atoms. The predicted molar refractivity (Wildman–Crippen MR) is 85.9 cm³/mol. The summed E-state index contributed by atoms with van der Waals surface area (Å²) in [6.07, 6.45) is 4.76. The first-order valence-electron chi connectivity index (χ1n) is 7.43. The van der Waals surface area contributed by atoms with E-state index in [1.807, 2.05) is 0 Å². The number of amides is 1. The van der Waals surface area contributed by atoms with E-state index in [-0.39, 0.29) is 30.2 Å². The van der Waals surface area contributed by atoms with Crippen molar-refractivity contribution < 1.29 is 4.79 Å². The summed E-state index contributed by atoms with van der Waals surface area (Å²) in [5.41, 5.74) is -0.154. The zero-order valence-electron chi connectivity index (χ0n) is 12.3. The van der Waals surface area contributed by atoms with Gasteiger partial charge in [0.15, 0.2) is 0 Å². The lowest BCUT2D eigenvalue weighted by atomic mass is 9.81. The maximum absolute atomic E-state index is 12.7. The standard InChI is InChI=1S/C14H25N3O.2ClH/c1-14(5-3-6-15-11-14)13(18)17-9-8-16-7-2-4-12(16)10-17;;/h12,15H,2-11H2,1H3;2*1H. The Bertz CT molecular complexity index is 334. The van der Waals surface area contributed by atoms with Crippen LogP contribution in [0, 0.1) is 5.41 Å². The molecule has 0 aromatic rings. The number of fused-ring (bicyclic) bond motifs is 1. The third-order valence-corrected chi connectivity index (χ3v) is 4.99. The lowest BCUT2D eigenvalue weighted by Crippen LogP contribution is -2.57. The molecule has 3 heterocycles. The van der Waals surface area contributed by atoms with Crippen molar-refractivity contribution in [2.75, 3.05) is 39.3 Å². The van der Waals surface area contributed by atoms with E-state index in [1.54, 1.807) is 0 Å². The number of hydrogen-bond donors (Lipinski definition) is 1. The van der Waals surface area contributed by atoms with Crippen molar-refractivity contribution in [2.45, 2.75) is 38.6 Å². The fraction of sp³-hybridized carbons (Fsp3) is 0.929. The average molecular weight is 324 g/mol. The Morgan fingerprint density at radius 2 is 2.00 bits per heavy atom. The highest BCUT2D eigenvalue weighted by Gasteiger charge is 2.41. The Hall–Kier alpha value is -0.0300. The largest absolute Gasteiger partial charge is 0.339 e. The Balaban J connectivity index is 0.000001000. The zero-order chi connectivity index (χ0) is 12.6. The van der Waals surface area contributed by atoms with Crippen LogP contribution in [0.5, 0.6) is 0 Å². The summed E-state index contributed by atoms with van der Waals surface area (Å²) in [5.74, 6) is 0.390. The number of nitrogens with zero attached hydrogens (tertiary/aromatic N) is 2. The van der Waals surface area contributed by atoms with Crippen LogP contribution < -0.4 is 5.32 Å². The van der Waals surface area contributed by atoms with Gasteiger partial charge in [0, 0.05) is 32.2 Å². The molecular formula is C14H27Cl2N3O. The van der Waals surface area contributed by atoms with E-state index < -0.39 is 0 Å². The van der Waals surface area contributed by atoms with Gasteiger partial charge in [-0.05, 0) is 45.7 Å². The van der Waals surface area contributed by atoms with Gasteiger partial charge in [-0.25, -0.2) is 0 Å². The van der Waals surface area contributed by atoms with Crippen LogP contribution in [0.2, 0.25) is 0 Å². The third-order valence-electron chi connectivity index (χ3n) is 4.99. The van der Waals surface area contributed by atoms with Crippen molar-refractivity contribution in [1.82, 2.24) is 15.1 Å². The minimum Gasteiger partial charge on any atom is -0.339 e. The van der Waals surface area contributed by atoms with E-state index >= 15 is 0 Å². The first kappa shape index (κ1) is 18.0. The molecule has 3 aliphatic heterocycles. The molecule has 3 aliphatic rings. The molecule has 118 valence electrons. The number of halogens is 2. The minimum absolute atomic E-state index is 0. The molecule has 0 aromatic heterocycles. The van der Waals surface area contributed by atoms with Gasteiger partial charge in [0.2, 0.25) is 5.91 Å². The fourth-order valence-corrected chi connectivity index (χ4v) is 3.80. The van der Waals surface area contributed by atoms with E-state index in [1.165, 1.54) is 19.4 Å². The number of carbonyl (C=O) groups excluding carboxylic acids is 1. The van der Waals surface area contributed by atoms with Gasteiger partial charge < -0.3 is 10.2 Å². The molecule has 0 bridgehead atoms. The van der Waals surface area contributed by atoms with Crippen molar-refractivity contribution >= 4 is 30.7 Å². The van der Waals surface area contributed by atoms with Crippen LogP contribution in [-0.2, 0) is 4.79 Å². The van der Waals surface area contributed by atoms with E-state index in [2.05, 4.69) is 22.0 Å². The highest BCUT2D eigenvalue weighted by atomic mass is 35.5. The van der Waals surface area contributed by atoms with Crippen LogP contribution in [0.1, 0.15) is 32.6 Å². The molecule has 6 heteroatoms. The average Bonchev–Trinajstić information content (AvgIpc) is 2.86. The molecule has 3 saturated heterocycles. The van der Waals surface area contributed by atoms with Crippen LogP contribution in [0.4, 0.5) is 0 Å². The summed E-state index contributed by atoms with van der Waals surface area (Å²) in [5, 5.41) is 3.38. The second-order valence-corrected chi connectivity index (χ2v) is 6.42. The Labute approximate surface area is 134 Å². The first-order valence-corrected chi connectivity index (χ1v) is 7.43. The summed E-state index contributed by atoms with van der Waals surface area (Å²) < 4.78 is 0. The lowest BCUT2D eigenvalue weighted by Gasteiger charge is -2.43. The molecule has 0 saturated carbocycles. The molecule has 0 spiro atoms. The van der Waals surface area contributed by atoms with Crippen LogP contribution in [-0.4, -0.2) is 61.0 Å². The van der Waals surface area contributed by atoms with Gasteiger partial charge in [-0.3, -0.25) is 9.69 Å². The van der Waals surface area contributed by atoms with Crippen LogP contribution >= 0.6 is 24.8 Å². The second-order valence-electron chi connectivity index (χ2n) is 6.42. The summed E-state index contributed by atoms with van der Waals surface area (Å²) in [6, 6.07) is 0.642. The van der Waals surface area contributed by atoms with Crippen LogP contribution in [0.15, 0.2) is 0 Å². The number of nitrogens with one attached hydrogen (secondary N) is 1. The summed E-state index contributed by atoms with van der Waals surface area (Å²) in [6.45, 7) is 8.29. The van der Waals surface area contributed by atoms with Crippen molar-refractivity contribution in [2.24, 2.45) is 5.41 Å². The molecule has 0 aliphatic carbocycles. The van der Waals surface area contributed by atoms with E-state index in [9.17, 15) is 4.79 Å². The first-order chi connectivity index (χ1) is 8.69. The molecular weight excluding hydrogens is 297 g/mol. The number of rotatable bonds is 1. The molecule has 3 rings (SSSR count). The Morgan fingerprint density at radius 1 is 1.20 bits per heavy atom. The Morgan fingerprint density at radius 3 is 2.70 bits per heavy atom. The quantitative estimate of drug-likeness (QED) is 0.794. The third kappa shape index (κ3) is 3.41. The van der Waals surface area contributed by atoms with Crippen LogP contribution in [0.25, 0.3) is 0 Å². The summed E-state index contributed by atoms with van der Waals surface area (Å²) >= 11 is 0. The highest BCUT2D eigenvalue weighted by Crippen LogP contribution is 2.30. The van der Waals surface area contributed by atoms with Gasteiger partial charge in [0.25, 0.3) is 0 Å². The topological polar surface area (TPSA) is 35.6 Å². The summed E-state index contributed by atoms with van der Waals surface area (Å²) in [7, 11) is 0. The predicted octanol–water partition coefficient (Wildman–Crippen LogP) is 1.53. The van der Waals surface area contributed by atoms with Crippen molar-refractivity contribution in [3.63, 3.8) is 0 Å². The van der Waals surface area contributed by atoms with E-state index in [0.29, 0.717) is 11.9 Å². The highest BCUT2D eigenvalue weighted by molar-refractivity contribution is 5.85. The minimum atomic E-state index is -0.154. The summed E-state index contributed by atoms with van der Waals surface area (Å²) in [4.78, 5) is 17.4. The molecule has 0 radical (unpaired) electrons. The van der Waals surface area contributed by atoms with Gasteiger partial charge in [0.1, 0.15) is 0 Å². The fourth-order valence-electron chi connectivity index (χ4n) is 3.80. The maximum atomic E-state index is 12.7. The molecule has 1 amide bonds. The molecule has 2 unspecified atom stereocenters. The number of carbonyl (C=O) groups is 1. The van der Waals surface area contributed by atoms with Gasteiger partial charge in [-0.2, -0.15) is 0 Å². The van der Waals surface area contributed by atoms with Gasteiger partial charge in [0.05, 0.1) is 5.41 Å². The van der Waals surface area contributed by atoms with Gasteiger partial charge >= 0.3 is 0 Å². The molecule has 3 fully saturated rings. The molecule has 0 aromatic carbocycles. The normalized spacial score (nSPS) is 33.9. The van der Waals surface area contributed by atoms with E-state index in [4.69, 9.17) is 0 Å². The zero-order valence-corrected chi connectivity index (χ0v) is 13.9. The van der Waals surface area contributed by atoms with Gasteiger partial charge in [-0.15, -0.1) is 24.8 Å². The molecule has 1 N–H and O–H groups in total. The van der Waals surface area contributed by atoms with Crippen molar-refractivity contribution in [3.8, 4) is 0 Å². The number of piperazine rings is 1. The number of hydrogen-bond acceptors (Lipinski definition) is 3. The smallest absolute Gasteiger partial charge is 0.229 e. The van der Waals surface area contributed by atoms with E-state index in [0.717, 1.165) is 45.6 Å². The number of piperidine rings is 1. The molecule has 2 atom stereocenters. The maximum Gasteiger partial charge on any atom is 0.229 e. The van der Waals surface area contributed by atoms with Crippen molar-refractivity contribution in [3.05, 3.63) is 0 Å². The van der Waals surface area contributed by atoms with Crippen LogP contribution in [0.3, 0.4) is 0 Å².